The Labute approximate surface area is 129 Å². The third-order valence-corrected chi connectivity index (χ3v) is 5.56. The van der Waals surface area contributed by atoms with Crippen LogP contribution in [0.4, 0.5) is 0 Å². The number of hydrogen-bond acceptors (Lipinski definition) is 2. The third-order valence-electron chi connectivity index (χ3n) is 5.56. The fraction of sp³-hybridized carbons (Fsp3) is 0.684. The highest BCUT2D eigenvalue weighted by Gasteiger charge is 2.36. The average Bonchev–Trinajstić information content (AvgIpc) is 2.48. The molecule has 116 valence electrons. The lowest BCUT2D eigenvalue weighted by molar-refractivity contribution is 0.0725. The Hall–Kier alpha value is -0.860. The van der Waals surface area contributed by atoms with Gasteiger partial charge in [-0.25, -0.2) is 0 Å². The van der Waals surface area contributed by atoms with Gasteiger partial charge in [0.1, 0.15) is 0 Å². The summed E-state index contributed by atoms with van der Waals surface area (Å²) in [6.07, 6.45) is 7.13. The molecule has 1 heterocycles. The van der Waals surface area contributed by atoms with E-state index in [0.717, 1.165) is 13.1 Å². The highest BCUT2D eigenvalue weighted by atomic mass is 15.2. The van der Waals surface area contributed by atoms with E-state index in [2.05, 4.69) is 54.4 Å². The van der Waals surface area contributed by atoms with Crippen LogP contribution in [0.2, 0.25) is 0 Å². The predicted molar refractivity (Wildman–Crippen MR) is 89.4 cm³/mol. The lowest BCUT2D eigenvalue weighted by Gasteiger charge is -2.46. The molecule has 0 aromatic heterocycles. The molecule has 2 fully saturated rings. The second-order valence-electron chi connectivity index (χ2n) is 7.71. The molecule has 2 nitrogen and oxygen atoms in total. The summed E-state index contributed by atoms with van der Waals surface area (Å²) in [5.41, 5.74) is 2.07. The summed E-state index contributed by atoms with van der Waals surface area (Å²) < 4.78 is 0. The lowest BCUT2D eigenvalue weighted by atomic mass is 9.75. The van der Waals surface area contributed by atoms with Gasteiger partial charge in [-0.2, -0.15) is 0 Å². The molecule has 1 unspecified atom stereocenters. The van der Waals surface area contributed by atoms with E-state index in [9.17, 15) is 0 Å². The van der Waals surface area contributed by atoms with E-state index in [0.29, 0.717) is 5.41 Å². The van der Waals surface area contributed by atoms with Crippen LogP contribution in [0.1, 0.15) is 51.5 Å². The van der Waals surface area contributed by atoms with E-state index in [1.54, 1.807) is 0 Å². The molecule has 2 aliphatic rings. The molecular weight excluding hydrogens is 256 g/mol. The first-order chi connectivity index (χ1) is 10.1. The van der Waals surface area contributed by atoms with Gasteiger partial charge in [0, 0.05) is 26.2 Å². The van der Waals surface area contributed by atoms with Gasteiger partial charge in [-0.3, -0.25) is 4.90 Å². The van der Waals surface area contributed by atoms with Gasteiger partial charge in [-0.15, -0.1) is 0 Å². The minimum absolute atomic E-state index is 0.102. The van der Waals surface area contributed by atoms with Crippen molar-refractivity contribution in [2.75, 3.05) is 26.2 Å². The van der Waals surface area contributed by atoms with Crippen LogP contribution in [-0.2, 0) is 5.54 Å². The van der Waals surface area contributed by atoms with Gasteiger partial charge in [-0.05, 0) is 30.7 Å². The van der Waals surface area contributed by atoms with Crippen LogP contribution in [0.25, 0.3) is 0 Å². The summed E-state index contributed by atoms with van der Waals surface area (Å²) in [6, 6.07) is 10.9. The first kappa shape index (κ1) is 15.1. The van der Waals surface area contributed by atoms with Gasteiger partial charge >= 0.3 is 0 Å². The quantitative estimate of drug-likeness (QED) is 0.910. The molecule has 1 atom stereocenters. The van der Waals surface area contributed by atoms with Crippen molar-refractivity contribution in [3.8, 4) is 0 Å². The number of nitrogens with zero attached hydrogens (tertiary/aromatic N) is 1. The SMILES string of the molecule is CC1(CN2CCNC(C)(c3ccccc3)C2)CCCCC1. The molecule has 2 heteroatoms. The predicted octanol–water partition coefficient (Wildman–Crippen LogP) is 3.78. The Kier molecular flexibility index (Phi) is 4.37. The summed E-state index contributed by atoms with van der Waals surface area (Å²) in [4.78, 5) is 2.70. The van der Waals surface area contributed by atoms with Gasteiger partial charge in [0.05, 0.1) is 5.54 Å². The smallest absolute Gasteiger partial charge is 0.0535 e. The van der Waals surface area contributed by atoms with Crippen molar-refractivity contribution in [3.63, 3.8) is 0 Å². The minimum atomic E-state index is 0.102. The van der Waals surface area contributed by atoms with E-state index in [1.807, 2.05) is 0 Å². The van der Waals surface area contributed by atoms with Crippen LogP contribution in [0.15, 0.2) is 30.3 Å². The van der Waals surface area contributed by atoms with Crippen molar-refractivity contribution >= 4 is 0 Å². The van der Waals surface area contributed by atoms with Crippen LogP contribution in [0.5, 0.6) is 0 Å². The Balaban J connectivity index is 1.68. The molecule has 1 saturated heterocycles. The number of nitrogens with one attached hydrogen (secondary N) is 1. The normalized spacial score (nSPS) is 30.2. The lowest BCUT2D eigenvalue weighted by Crippen LogP contribution is -2.58. The maximum absolute atomic E-state index is 3.75. The molecular formula is C19H30N2. The monoisotopic (exact) mass is 286 g/mol. The Bertz CT molecular complexity index is 450. The highest BCUT2D eigenvalue weighted by molar-refractivity contribution is 5.24. The molecule has 0 spiro atoms. The zero-order chi connectivity index (χ0) is 14.8. The summed E-state index contributed by atoms with van der Waals surface area (Å²) in [6.45, 7) is 9.56. The Morgan fingerprint density at radius 2 is 1.76 bits per heavy atom. The Morgan fingerprint density at radius 1 is 1.05 bits per heavy atom. The van der Waals surface area contributed by atoms with Crippen molar-refractivity contribution in [2.24, 2.45) is 5.41 Å². The van der Waals surface area contributed by atoms with E-state index in [1.165, 1.54) is 50.8 Å². The van der Waals surface area contributed by atoms with Crippen LogP contribution < -0.4 is 5.32 Å². The molecule has 0 radical (unpaired) electrons. The first-order valence-electron chi connectivity index (χ1n) is 8.63. The maximum atomic E-state index is 3.75. The van der Waals surface area contributed by atoms with Crippen LogP contribution >= 0.6 is 0 Å². The molecule has 1 saturated carbocycles. The number of piperazine rings is 1. The van der Waals surface area contributed by atoms with Gasteiger partial charge in [0.25, 0.3) is 0 Å². The molecule has 0 bridgehead atoms. The van der Waals surface area contributed by atoms with Crippen LogP contribution in [0.3, 0.4) is 0 Å². The third kappa shape index (κ3) is 3.49. The zero-order valence-corrected chi connectivity index (χ0v) is 13.7. The summed E-state index contributed by atoms with van der Waals surface area (Å²) >= 11 is 0. The van der Waals surface area contributed by atoms with Gasteiger partial charge in [-0.1, -0.05) is 56.5 Å². The van der Waals surface area contributed by atoms with Crippen LogP contribution in [0, 0.1) is 5.41 Å². The molecule has 1 N–H and O–H groups in total. The van der Waals surface area contributed by atoms with E-state index in [-0.39, 0.29) is 5.54 Å². The molecule has 1 aromatic rings. The summed E-state index contributed by atoms with van der Waals surface area (Å²) in [5, 5.41) is 3.75. The molecule has 21 heavy (non-hydrogen) atoms. The molecule has 1 aromatic carbocycles. The summed E-state index contributed by atoms with van der Waals surface area (Å²) in [7, 11) is 0. The number of hydrogen-bond donors (Lipinski definition) is 1. The zero-order valence-electron chi connectivity index (χ0n) is 13.7. The fourth-order valence-corrected chi connectivity index (χ4v) is 4.31. The van der Waals surface area contributed by atoms with Gasteiger partial charge in [0.2, 0.25) is 0 Å². The van der Waals surface area contributed by atoms with Crippen molar-refractivity contribution in [2.45, 2.75) is 51.5 Å². The maximum Gasteiger partial charge on any atom is 0.0535 e. The van der Waals surface area contributed by atoms with Crippen LogP contribution in [-0.4, -0.2) is 31.1 Å². The second kappa shape index (κ2) is 6.10. The van der Waals surface area contributed by atoms with Crippen molar-refractivity contribution < 1.29 is 0 Å². The van der Waals surface area contributed by atoms with E-state index >= 15 is 0 Å². The molecule has 0 amide bonds. The summed E-state index contributed by atoms with van der Waals surface area (Å²) in [5.74, 6) is 0. The second-order valence-corrected chi connectivity index (χ2v) is 7.71. The van der Waals surface area contributed by atoms with E-state index < -0.39 is 0 Å². The van der Waals surface area contributed by atoms with Crippen molar-refractivity contribution in [1.82, 2.24) is 10.2 Å². The van der Waals surface area contributed by atoms with Gasteiger partial charge in [0.15, 0.2) is 0 Å². The van der Waals surface area contributed by atoms with Gasteiger partial charge < -0.3 is 5.32 Å². The molecule has 1 aliphatic carbocycles. The molecule has 3 rings (SSSR count). The van der Waals surface area contributed by atoms with E-state index in [4.69, 9.17) is 0 Å². The molecule has 1 aliphatic heterocycles. The average molecular weight is 286 g/mol. The minimum Gasteiger partial charge on any atom is -0.305 e. The topological polar surface area (TPSA) is 15.3 Å². The fourth-order valence-electron chi connectivity index (χ4n) is 4.31. The standard InChI is InChI=1S/C19H30N2/c1-18(11-7-4-8-12-18)15-21-14-13-20-19(2,16-21)17-9-5-3-6-10-17/h3,5-6,9-10,20H,4,7-8,11-16H2,1-2H3. The number of benzene rings is 1. The van der Waals surface area contributed by atoms with Crippen molar-refractivity contribution in [1.29, 1.82) is 0 Å². The first-order valence-corrected chi connectivity index (χ1v) is 8.63. The largest absolute Gasteiger partial charge is 0.305 e. The van der Waals surface area contributed by atoms with Crippen molar-refractivity contribution in [3.05, 3.63) is 35.9 Å². The number of rotatable bonds is 3. The highest BCUT2D eigenvalue weighted by Crippen LogP contribution is 2.37. The Morgan fingerprint density at radius 3 is 2.48 bits per heavy atom.